The summed E-state index contributed by atoms with van der Waals surface area (Å²) in [6.07, 6.45) is 7.11. The molecule has 2 aliphatic carbocycles. The van der Waals surface area contributed by atoms with Crippen LogP contribution in [0.5, 0.6) is 0 Å². The molecule has 0 spiro atoms. The zero-order valence-electron chi connectivity index (χ0n) is 15.5. The van der Waals surface area contributed by atoms with Gasteiger partial charge in [-0.25, -0.2) is 0 Å². The van der Waals surface area contributed by atoms with Gasteiger partial charge in [0.25, 0.3) is 0 Å². The third-order valence-corrected chi connectivity index (χ3v) is 7.89. The molecule has 3 aromatic rings. The fraction of sp³-hybridized carbons (Fsp3) is 0.115. The van der Waals surface area contributed by atoms with Gasteiger partial charge in [0.15, 0.2) is 0 Å². The lowest BCUT2D eigenvalue weighted by Crippen LogP contribution is -2.23. The van der Waals surface area contributed by atoms with Crippen LogP contribution in [-0.4, -0.2) is 14.1 Å². The molecule has 27 heavy (non-hydrogen) atoms. The minimum Gasteiger partial charge on any atom is -0.0881 e. The van der Waals surface area contributed by atoms with Crippen LogP contribution in [0, 0.1) is 0 Å². The zero-order valence-corrected chi connectivity index (χ0v) is 16.5. The van der Waals surface area contributed by atoms with E-state index in [1.807, 2.05) is 0 Å². The molecule has 0 nitrogen and oxygen atoms in total. The Morgan fingerprint density at radius 3 is 2.22 bits per heavy atom. The highest BCUT2D eigenvalue weighted by molar-refractivity contribution is 6.77. The van der Waals surface area contributed by atoms with E-state index in [4.69, 9.17) is 0 Å². The molecule has 3 aromatic carbocycles. The summed E-state index contributed by atoms with van der Waals surface area (Å²) in [4.78, 5) is 0. The lowest BCUT2D eigenvalue weighted by molar-refractivity contribution is 0.938. The molecule has 0 heterocycles. The van der Waals surface area contributed by atoms with Crippen molar-refractivity contribution in [2.75, 3.05) is 0 Å². The fourth-order valence-corrected chi connectivity index (χ4v) is 6.21. The van der Waals surface area contributed by atoms with Crippen LogP contribution < -0.4 is 5.19 Å². The van der Waals surface area contributed by atoms with E-state index in [1.54, 1.807) is 0 Å². The van der Waals surface area contributed by atoms with Crippen molar-refractivity contribution in [3.63, 3.8) is 0 Å². The lowest BCUT2D eigenvalue weighted by atomic mass is 9.85. The van der Waals surface area contributed by atoms with Gasteiger partial charge in [-0.05, 0) is 33.0 Å². The van der Waals surface area contributed by atoms with Gasteiger partial charge in [0.2, 0.25) is 0 Å². The molecule has 0 bridgehead atoms. The first-order valence-corrected chi connectivity index (χ1v) is 11.7. The number of hydrogen-bond acceptors (Lipinski definition) is 0. The predicted molar refractivity (Wildman–Crippen MR) is 119 cm³/mol. The molecular weight excluding hydrogens is 340 g/mol. The molecule has 0 radical (unpaired) electrons. The van der Waals surface area contributed by atoms with Crippen molar-refractivity contribution in [1.82, 2.24) is 0 Å². The molecule has 2 aliphatic rings. The monoisotopic (exact) mass is 362 g/mol. The molecule has 0 saturated carbocycles. The van der Waals surface area contributed by atoms with Gasteiger partial charge in [0.05, 0.1) is 0 Å². The van der Waals surface area contributed by atoms with Crippen LogP contribution in [0.1, 0.15) is 34.1 Å². The summed E-state index contributed by atoms with van der Waals surface area (Å²) >= 11 is 0. The van der Waals surface area contributed by atoms with E-state index < -0.39 is 8.41 Å². The van der Waals surface area contributed by atoms with Crippen molar-refractivity contribution < 1.29 is 0 Å². The smallest absolute Gasteiger partial charge is 0.0393 e. The van der Waals surface area contributed by atoms with Crippen LogP contribution in [0.2, 0.25) is 6.55 Å². The molecule has 0 N–H and O–H groups in total. The maximum Gasteiger partial charge on any atom is 0.0393 e. The first kappa shape index (κ1) is 16.4. The van der Waals surface area contributed by atoms with Crippen molar-refractivity contribution >= 4 is 31.4 Å². The molecule has 0 saturated heterocycles. The molecule has 0 fully saturated rings. The van der Waals surface area contributed by atoms with Gasteiger partial charge < -0.3 is 0 Å². The largest absolute Gasteiger partial charge is 0.0881 e. The zero-order chi connectivity index (χ0) is 18.2. The molecular formula is C26H22Si. The van der Waals surface area contributed by atoms with E-state index >= 15 is 0 Å². The maximum absolute atomic E-state index is 2.63. The first-order valence-electron chi connectivity index (χ1n) is 9.62. The van der Waals surface area contributed by atoms with Crippen molar-refractivity contribution in [3.8, 4) is 0 Å². The number of benzene rings is 3. The number of allylic oxidation sites excluding steroid dienone is 2. The first-order chi connectivity index (χ1) is 13.3. The fourth-order valence-electron chi connectivity index (χ4n) is 4.43. The third kappa shape index (κ3) is 2.89. The van der Waals surface area contributed by atoms with E-state index in [1.165, 1.54) is 33.0 Å². The Balaban J connectivity index is 1.60. The van der Waals surface area contributed by atoms with Gasteiger partial charge in [-0.1, -0.05) is 109 Å². The average molecular weight is 363 g/mol. The molecule has 0 amide bonds. The SMILES string of the molecule is C[Si](=CC1C(C2C=Cc3ccccc32)=Cc2ccccc21)c1ccccc1. The summed E-state index contributed by atoms with van der Waals surface area (Å²) in [5.41, 5.74) is 9.81. The Hall–Kier alpha value is -2.77. The number of hydrogen-bond donors (Lipinski definition) is 0. The van der Waals surface area contributed by atoms with Gasteiger partial charge in [0, 0.05) is 20.2 Å². The average Bonchev–Trinajstić information content (AvgIpc) is 3.30. The van der Waals surface area contributed by atoms with Gasteiger partial charge in [0.1, 0.15) is 0 Å². The second-order valence-corrected chi connectivity index (χ2v) is 9.71. The minimum absolute atomic E-state index is 0.389. The van der Waals surface area contributed by atoms with E-state index in [-0.39, 0.29) is 0 Å². The Labute approximate surface area is 162 Å². The van der Waals surface area contributed by atoms with Crippen LogP contribution >= 0.6 is 0 Å². The summed E-state index contributed by atoms with van der Waals surface area (Å²) in [5, 5.41) is 1.48. The van der Waals surface area contributed by atoms with Crippen molar-refractivity contribution in [1.29, 1.82) is 0 Å². The summed E-state index contributed by atoms with van der Waals surface area (Å²) in [7, 11) is -0.720. The Morgan fingerprint density at radius 1 is 0.741 bits per heavy atom. The maximum atomic E-state index is 2.63. The van der Waals surface area contributed by atoms with Crippen molar-refractivity contribution in [2.24, 2.45) is 0 Å². The van der Waals surface area contributed by atoms with Crippen LogP contribution in [0.25, 0.3) is 12.2 Å². The summed E-state index contributed by atoms with van der Waals surface area (Å²) in [5.74, 6) is 0.793. The highest BCUT2D eigenvalue weighted by atomic mass is 28.2. The van der Waals surface area contributed by atoms with Gasteiger partial charge in [-0.15, -0.1) is 0 Å². The highest BCUT2D eigenvalue weighted by Gasteiger charge is 2.31. The van der Waals surface area contributed by atoms with Gasteiger partial charge >= 0.3 is 0 Å². The van der Waals surface area contributed by atoms with Gasteiger partial charge in [-0.3, -0.25) is 0 Å². The lowest BCUT2D eigenvalue weighted by Gasteiger charge is -2.20. The van der Waals surface area contributed by atoms with E-state index in [0.717, 1.165) is 0 Å². The minimum atomic E-state index is -0.720. The topological polar surface area (TPSA) is 0 Å². The molecule has 130 valence electrons. The highest BCUT2D eigenvalue weighted by Crippen LogP contribution is 2.46. The molecule has 1 heteroatoms. The second kappa shape index (κ2) is 6.75. The van der Waals surface area contributed by atoms with Crippen LogP contribution in [-0.2, 0) is 0 Å². The quantitative estimate of drug-likeness (QED) is 0.548. The van der Waals surface area contributed by atoms with Crippen LogP contribution in [0.4, 0.5) is 0 Å². The molecule has 0 aromatic heterocycles. The van der Waals surface area contributed by atoms with Gasteiger partial charge in [-0.2, -0.15) is 0 Å². The predicted octanol–water partition coefficient (Wildman–Crippen LogP) is 5.39. The molecule has 2 atom stereocenters. The molecule has 5 rings (SSSR count). The summed E-state index contributed by atoms with van der Waals surface area (Å²) in [6, 6.07) is 28.7. The Kier molecular flexibility index (Phi) is 4.10. The van der Waals surface area contributed by atoms with Crippen LogP contribution in [0.3, 0.4) is 0 Å². The van der Waals surface area contributed by atoms with Crippen LogP contribution in [0.15, 0.2) is 90.5 Å². The molecule has 0 aliphatic heterocycles. The van der Waals surface area contributed by atoms with Crippen molar-refractivity contribution in [2.45, 2.75) is 18.4 Å². The summed E-state index contributed by atoms with van der Waals surface area (Å²) in [6.45, 7) is 2.41. The molecule has 2 unspecified atom stereocenters. The van der Waals surface area contributed by atoms with Crippen molar-refractivity contribution in [3.05, 3.63) is 113 Å². The second-order valence-electron chi connectivity index (χ2n) is 7.43. The van der Waals surface area contributed by atoms with E-state index in [2.05, 4.69) is 109 Å². The van der Waals surface area contributed by atoms with E-state index in [0.29, 0.717) is 11.8 Å². The standard InChI is InChI=1S/C26H22Si/c1-27(21-11-3-2-4-12-21)18-26-23-14-8-6-10-20(23)17-25(26)24-16-15-19-9-5-7-13-22(19)24/h2-18,24,26H,1H3. The summed E-state index contributed by atoms with van der Waals surface area (Å²) < 4.78 is 0. The van der Waals surface area contributed by atoms with E-state index in [9.17, 15) is 0 Å². The third-order valence-electron chi connectivity index (χ3n) is 5.82. The normalized spacial score (nSPS) is 20.3. The Morgan fingerprint density at radius 2 is 1.41 bits per heavy atom. The Bertz CT molecular complexity index is 1090. The number of rotatable bonds is 3. The number of fused-ring (bicyclic) bond motifs is 2.